The zero-order valence-electron chi connectivity index (χ0n) is 12.6. The first kappa shape index (κ1) is 15.6. The average Bonchev–Trinajstić information content (AvgIpc) is 3.19. The number of amides is 1. The summed E-state index contributed by atoms with van der Waals surface area (Å²) in [5.41, 5.74) is 0. The quantitative estimate of drug-likeness (QED) is 0.816. The van der Waals surface area contributed by atoms with Crippen LogP contribution in [0.15, 0.2) is 0 Å². The lowest BCUT2D eigenvalue weighted by Crippen LogP contribution is -2.48. The Morgan fingerprint density at radius 1 is 1.24 bits per heavy atom. The number of ether oxygens (including phenoxy) is 2. The number of carbonyl (C=O) groups is 1. The summed E-state index contributed by atoms with van der Waals surface area (Å²) in [5, 5.41) is 3.30. The minimum atomic E-state index is 0.0345. The smallest absolute Gasteiger partial charge is 0.225 e. The third-order valence-corrected chi connectivity index (χ3v) is 5.64. The fraction of sp³-hybridized carbons (Fsp3) is 0.933. The molecule has 3 fully saturated rings. The van der Waals surface area contributed by atoms with Crippen LogP contribution in [0.5, 0.6) is 0 Å². The topological polar surface area (TPSA) is 50.8 Å². The molecule has 3 aliphatic heterocycles. The highest BCUT2D eigenvalue weighted by Gasteiger charge is 2.32. The summed E-state index contributed by atoms with van der Waals surface area (Å²) in [5.74, 6) is 2.48. The van der Waals surface area contributed by atoms with Crippen LogP contribution in [0.1, 0.15) is 25.7 Å². The number of rotatable bonds is 5. The van der Waals surface area contributed by atoms with E-state index in [1.54, 1.807) is 0 Å². The molecule has 3 heterocycles. The van der Waals surface area contributed by atoms with Gasteiger partial charge < -0.3 is 19.7 Å². The molecule has 0 bridgehead atoms. The standard InChI is InChI=1S/C15H26N2O3S/c18-15(8-14-9-16-4-6-20-14)17(12-3-7-21-11-12)10-13-2-1-5-19-13/h12-14,16H,1-11H2. The molecule has 3 saturated heterocycles. The van der Waals surface area contributed by atoms with Crippen LogP contribution in [0, 0.1) is 0 Å². The van der Waals surface area contributed by atoms with Crippen molar-refractivity contribution in [3.8, 4) is 0 Å². The van der Waals surface area contributed by atoms with Gasteiger partial charge in [-0.1, -0.05) is 0 Å². The molecule has 3 atom stereocenters. The maximum absolute atomic E-state index is 12.7. The van der Waals surface area contributed by atoms with Gasteiger partial charge in [0.25, 0.3) is 0 Å². The Labute approximate surface area is 131 Å². The fourth-order valence-electron chi connectivity index (χ4n) is 3.29. The zero-order chi connectivity index (χ0) is 14.5. The van der Waals surface area contributed by atoms with E-state index < -0.39 is 0 Å². The van der Waals surface area contributed by atoms with E-state index in [0.29, 0.717) is 19.1 Å². The van der Waals surface area contributed by atoms with E-state index in [9.17, 15) is 4.79 Å². The lowest BCUT2D eigenvalue weighted by atomic mass is 10.1. The number of hydrogen-bond donors (Lipinski definition) is 1. The molecule has 1 amide bonds. The van der Waals surface area contributed by atoms with Crippen LogP contribution < -0.4 is 5.32 Å². The van der Waals surface area contributed by atoms with Crippen molar-refractivity contribution in [2.45, 2.75) is 43.9 Å². The molecule has 0 saturated carbocycles. The van der Waals surface area contributed by atoms with Crippen molar-refractivity contribution in [3.05, 3.63) is 0 Å². The van der Waals surface area contributed by atoms with Crippen LogP contribution in [0.25, 0.3) is 0 Å². The van der Waals surface area contributed by atoms with E-state index in [0.717, 1.165) is 51.3 Å². The number of thioether (sulfide) groups is 1. The Hall–Kier alpha value is -0.300. The Kier molecular flexibility index (Phi) is 5.80. The molecule has 0 aromatic carbocycles. The van der Waals surface area contributed by atoms with Gasteiger partial charge in [-0.25, -0.2) is 0 Å². The van der Waals surface area contributed by atoms with Gasteiger partial charge in [-0.2, -0.15) is 11.8 Å². The number of hydrogen-bond acceptors (Lipinski definition) is 5. The molecule has 0 radical (unpaired) electrons. The van der Waals surface area contributed by atoms with Gasteiger partial charge in [0, 0.05) is 38.0 Å². The SMILES string of the molecule is O=C(CC1CNCCO1)N(CC1CCCO1)C1CCSC1. The second kappa shape index (κ2) is 7.81. The maximum Gasteiger partial charge on any atom is 0.225 e. The van der Waals surface area contributed by atoms with Crippen molar-refractivity contribution in [1.82, 2.24) is 10.2 Å². The van der Waals surface area contributed by atoms with E-state index in [1.165, 1.54) is 5.75 Å². The minimum Gasteiger partial charge on any atom is -0.376 e. The number of morpholine rings is 1. The van der Waals surface area contributed by atoms with Crippen molar-refractivity contribution in [2.24, 2.45) is 0 Å². The van der Waals surface area contributed by atoms with Gasteiger partial charge in [-0.05, 0) is 25.0 Å². The van der Waals surface area contributed by atoms with Gasteiger partial charge >= 0.3 is 0 Å². The Morgan fingerprint density at radius 2 is 2.14 bits per heavy atom. The summed E-state index contributed by atoms with van der Waals surface area (Å²) in [6.45, 7) is 4.01. The largest absolute Gasteiger partial charge is 0.376 e. The molecule has 6 heteroatoms. The van der Waals surface area contributed by atoms with Gasteiger partial charge in [-0.15, -0.1) is 0 Å². The van der Waals surface area contributed by atoms with Crippen LogP contribution in [-0.4, -0.2) is 73.4 Å². The maximum atomic E-state index is 12.7. The predicted molar refractivity (Wildman–Crippen MR) is 83.6 cm³/mol. The molecule has 120 valence electrons. The highest BCUT2D eigenvalue weighted by atomic mass is 32.2. The monoisotopic (exact) mass is 314 g/mol. The molecule has 0 aliphatic carbocycles. The normalized spacial score (nSPS) is 33.2. The first-order valence-corrected chi connectivity index (χ1v) is 9.29. The molecule has 1 N–H and O–H groups in total. The predicted octanol–water partition coefficient (Wildman–Crippen LogP) is 0.878. The van der Waals surface area contributed by atoms with E-state index in [2.05, 4.69) is 10.2 Å². The van der Waals surface area contributed by atoms with Crippen LogP contribution in [0.2, 0.25) is 0 Å². The van der Waals surface area contributed by atoms with Crippen molar-refractivity contribution < 1.29 is 14.3 Å². The second-order valence-electron chi connectivity index (χ2n) is 6.10. The summed E-state index contributed by atoms with van der Waals surface area (Å²) in [6.07, 6.45) is 4.11. The number of nitrogens with zero attached hydrogens (tertiary/aromatic N) is 1. The first-order valence-electron chi connectivity index (χ1n) is 8.14. The van der Waals surface area contributed by atoms with Crippen LogP contribution in [0.4, 0.5) is 0 Å². The molecule has 21 heavy (non-hydrogen) atoms. The lowest BCUT2D eigenvalue weighted by molar-refractivity contribution is -0.138. The van der Waals surface area contributed by atoms with Gasteiger partial charge in [0.05, 0.1) is 25.2 Å². The van der Waals surface area contributed by atoms with Crippen molar-refractivity contribution >= 4 is 17.7 Å². The highest BCUT2D eigenvalue weighted by Crippen LogP contribution is 2.25. The molecule has 0 spiro atoms. The van der Waals surface area contributed by atoms with Crippen molar-refractivity contribution in [1.29, 1.82) is 0 Å². The Morgan fingerprint density at radius 3 is 2.81 bits per heavy atom. The van der Waals surface area contributed by atoms with E-state index in [1.807, 2.05) is 11.8 Å². The third kappa shape index (κ3) is 4.34. The van der Waals surface area contributed by atoms with Crippen LogP contribution in [-0.2, 0) is 14.3 Å². The minimum absolute atomic E-state index is 0.0345. The van der Waals surface area contributed by atoms with Crippen LogP contribution in [0.3, 0.4) is 0 Å². The van der Waals surface area contributed by atoms with E-state index >= 15 is 0 Å². The Balaban J connectivity index is 1.57. The zero-order valence-corrected chi connectivity index (χ0v) is 13.4. The third-order valence-electron chi connectivity index (χ3n) is 4.50. The summed E-state index contributed by atoms with van der Waals surface area (Å²) in [7, 11) is 0. The molecule has 0 aromatic heterocycles. The van der Waals surface area contributed by atoms with E-state index in [4.69, 9.17) is 9.47 Å². The molecular formula is C15H26N2O3S. The van der Waals surface area contributed by atoms with Crippen molar-refractivity contribution in [2.75, 3.05) is 44.4 Å². The molecule has 3 aliphatic rings. The summed E-state index contributed by atoms with van der Waals surface area (Å²) >= 11 is 1.95. The summed E-state index contributed by atoms with van der Waals surface area (Å²) in [4.78, 5) is 14.8. The van der Waals surface area contributed by atoms with Gasteiger partial charge in [0.1, 0.15) is 0 Å². The summed E-state index contributed by atoms with van der Waals surface area (Å²) in [6, 6.07) is 0.392. The van der Waals surface area contributed by atoms with Crippen molar-refractivity contribution in [3.63, 3.8) is 0 Å². The number of nitrogens with one attached hydrogen (secondary N) is 1. The van der Waals surface area contributed by atoms with Crippen LogP contribution >= 0.6 is 11.8 Å². The first-order chi connectivity index (χ1) is 10.3. The molecule has 3 unspecified atom stereocenters. The van der Waals surface area contributed by atoms with E-state index in [-0.39, 0.29) is 18.1 Å². The molecular weight excluding hydrogens is 288 g/mol. The summed E-state index contributed by atoms with van der Waals surface area (Å²) < 4.78 is 11.4. The van der Waals surface area contributed by atoms with Gasteiger partial charge in [-0.3, -0.25) is 4.79 Å². The lowest BCUT2D eigenvalue weighted by Gasteiger charge is -2.33. The number of carbonyl (C=O) groups excluding carboxylic acids is 1. The average molecular weight is 314 g/mol. The van der Waals surface area contributed by atoms with Gasteiger partial charge in [0.2, 0.25) is 5.91 Å². The fourth-order valence-corrected chi connectivity index (χ4v) is 4.52. The van der Waals surface area contributed by atoms with Gasteiger partial charge in [0.15, 0.2) is 0 Å². The molecule has 3 rings (SSSR count). The molecule has 0 aromatic rings. The molecule has 5 nitrogen and oxygen atoms in total. The highest BCUT2D eigenvalue weighted by molar-refractivity contribution is 7.99. The second-order valence-corrected chi connectivity index (χ2v) is 7.25. The Bertz CT molecular complexity index is 338.